The van der Waals surface area contributed by atoms with Crippen molar-refractivity contribution in [3.05, 3.63) is 67.3 Å². The van der Waals surface area contributed by atoms with E-state index in [2.05, 4.69) is 11.6 Å². The van der Waals surface area contributed by atoms with E-state index in [1.54, 1.807) is 43.3 Å². The van der Waals surface area contributed by atoms with Crippen LogP contribution >= 0.6 is 23.5 Å². The Bertz CT molecular complexity index is 1920. The Balaban J connectivity index is 1.79. The van der Waals surface area contributed by atoms with Crippen molar-refractivity contribution in [1.29, 1.82) is 5.26 Å². The van der Waals surface area contributed by atoms with Gasteiger partial charge in [0, 0.05) is 19.1 Å². The van der Waals surface area contributed by atoms with Crippen molar-refractivity contribution in [2.75, 3.05) is 6.61 Å². The molecule has 0 aliphatic carbocycles. The third kappa shape index (κ3) is 5.31. The summed E-state index contributed by atoms with van der Waals surface area (Å²) in [6.07, 6.45) is 0. The second-order valence-corrected chi connectivity index (χ2v) is 10.7. The zero-order valence-corrected chi connectivity index (χ0v) is 24.3. The number of esters is 3. The molecule has 2 aliphatic heterocycles. The molecular weight excluding hydrogens is 600 g/mol. The molecule has 2 N–H and O–H groups in total. The molecule has 0 fully saturated rings. The Kier molecular flexibility index (Phi) is 7.94. The molecule has 0 saturated carbocycles. The Morgan fingerprint density at radius 2 is 1.63 bits per heavy atom. The minimum Gasteiger partial charge on any atom is -0.494 e. The van der Waals surface area contributed by atoms with Gasteiger partial charge >= 0.3 is 17.9 Å². The van der Waals surface area contributed by atoms with Gasteiger partial charge in [-0.1, -0.05) is 36.9 Å². The van der Waals surface area contributed by atoms with Gasteiger partial charge < -0.3 is 28.8 Å². The van der Waals surface area contributed by atoms with E-state index in [1.165, 1.54) is 0 Å². The van der Waals surface area contributed by atoms with Crippen LogP contribution in [0.1, 0.15) is 31.9 Å². The number of nitriles is 1. The lowest BCUT2D eigenvalue weighted by molar-refractivity contribution is -0.136. The summed E-state index contributed by atoms with van der Waals surface area (Å²) < 4.78 is 28.5. The standard InChI is InChI=1S/C29H20N2O10S2/c1-5-37-27(36)18(15-9-7-6-8-10-15)29-41-22-20(39-14(4)33)23-21(19(24(22)43-29)38-13(3)32)40-28(42-23)17-12(2)16(11-30)25(34)31-26(17)35/h6-10,34H,2,5H2,1,3-4H3,(H,31,35). The predicted octanol–water partition coefficient (Wildman–Crippen LogP) is 2.88. The fraction of sp³-hybridized carbons (Fsp3) is 0.138. The van der Waals surface area contributed by atoms with Crippen molar-refractivity contribution in [2.24, 2.45) is 0 Å². The van der Waals surface area contributed by atoms with Crippen LogP contribution in [0, 0.1) is 11.3 Å². The first-order valence-corrected chi connectivity index (χ1v) is 14.1. The topological polar surface area (TPSA) is 174 Å². The number of pyridine rings is 1. The van der Waals surface area contributed by atoms with Crippen LogP contribution in [0.5, 0.6) is 28.9 Å². The minimum absolute atomic E-state index is 0.0487. The maximum Gasteiger partial charge on any atom is 0.343 e. The second-order valence-electron chi connectivity index (χ2n) is 8.75. The van der Waals surface area contributed by atoms with E-state index >= 15 is 0 Å². The number of nitrogens with one attached hydrogen (secondary N) is 1. The number of carbonyl (C=O) groups excluding carboxylic acids is 3. The maximum absolute atomic E-state index is 13.1. The zero-order chi connectivity index (χ0) is 31.0. The van der Waals surface area contributed by atoms with E-state index in [0.29, 0.717) is 5.56 Å². The summed E-state index contributed by atoms with van der Waals surface area (Å²) in [5.41, 5.74) is -0.541. The van der Waals surface area contributed by atoms with Crippen LogP contribution in [0.25, 0.3) is 17.2 Å². The molecule has 0 unspecified atom stereocenters. The van der Waals surface area contributed by atoms with E-state index in [-0.39, 0.29) is 71.2 Å². The summed E-state index contributed by atoms with van der Waals surface area (Å²) in [5, 5.41) is 19.1. The summed E-state index contributed by atoms with van der Waals surface area (Å²) in [7, 11) is 0. The largest absolute Gasteiger partial charge is 0.494 e. The molecule has 43 heavy (non-hydrogen) atoms. The van der Waals surface area contributed by atoms with Gasteiger partial charge in [0.25, 0.3) is 5.56 Å². The van der Waals surface area contributed by atoms with Crippen LogP contribution in [-0.4, -0.2) is 34.6 Å². The van der Waals surface area contributed by atoms with Crippen LogP contribution in [0.15, 0.2) is 50.0 Å². The molecule has 2 aromatic carbocycles. The zero-order valence-electron chi connectivity index (χ0n) is 22.7. The maximum atomic E-state index is 13.1. The van der Waals surface area contributed by atoms with Crippen molar-refractivity contribution in [2.45, 2.75) is 30.6 Å². The van der Waals surface area contributed by atoms with Gasteiger partial charge in [-0.25, -0.2) is 4.79 Å². The van der Waals surface area contributed by atoms with Gasteiger partial charge in [-0.15, -0.1) is 0 Å². The molecule has 2 aliphatic rings. The molecule has 14 heteroatoms. The first-order valence-electron chi connectivity index (χ1n) is 12.4. The first kappa shape index (κ1) is 29.4. The van der Waals surface area contributed by atoms with E-state index in [0.717, 1.165) is 37.4 Å². The molecule has 0 spiro atoms. The number of aromatic hydroxyl groups is 1. The molecule has 0 radical (unpaired) electrons. The molecule has 0 amide bonds. The Morgan fingerprint density at radius 1 is 1.02 bits per heavy atom. The third-order valence-corrected chi connectivity index (χ3v) is 7.96. The van der Waals surface area contributed by atoms with Gasteiger partial charge in [0.2, 0.25) is 5.88 Å². The Morgan fingerprint density at radius 3 is 2.21 bits per heavy atom. The van der Waals surface area contributed by atoms with Gasteiger partial charge in [0.15, 0.2) is 33.2 Å². The quantitative estimate of drug-likeness (QED) is 0.242. The molecule has 1 aromatic heterocycles. The molecule has 3 aromatic rings. The van der Waals surface area contributed by atoms with E-state index in [1.807, 2.05) is 0 Å². The molecule has 0 atom stereocenters. The van der Waals surface area contributed by atoms with Crippen LogP contribution in [0.3, 0.4) is 0 Å². The number of hydrogen-bond acceptors (Lipinski definition) is 13. The summed E-state index contributed by atoms with van der Waals surface area (Å²) in [6, 6.07) is 10.4. The number of thioether (sulfide) groups is 2. The number of nitrogens with zero attached hydrogens (tertiary/aromatic N) is 1. The SMILES string of the molecule is C=c1c(C#N)c(O)[nH]c(=O)c1=C1Oc2c(OC(C)=O)c3c(c(OC(C)=O)c2S1)OC(=C(C(=O)OCC)c1ccccc1)S3. The molecule has 5 rings (SSSR count). The first-order chi connectivity index (χ1) is 20.5. The van der Waals surface area contributed by atoms with Crippen molar-refractivity contribution < 1.29 is 43.2 Å². The average Bonchev–Trinajstić information content (AvgIpc) is 3.57. The number of H-pyrrole nitrogens is 1. The highest BCUT2D eigenvalue weighted by Gasteiger charge is 2.42. The number of benzene rings is 2. The monoisotopic (exact) mass is 620 g/mol. The smallest absolute Gasteiger partial charge is 0.343 e. The average molecular weight is 621 g/mol. The van der Waals surface area contributed by atoms with Crippen molar-refractivity contribution in [3.8, 4) is 34.9 Å². The molecule has 12 nitrogen and oxygen atoms in total. The number of carbonyl (C=O) groups is 3. The molecule has 3 heterocycles. The van der Waals surface area contributed by atoms with Crippen LogP contribution in [0.4, 0.5) is 0 Å². The van der Waals surface area contributed by atoms with Gasteiger partial charge in [-0.2, -0.15) is 5.26 Å². The molecule has 0 saturated heterocycles. The number of aromatic amines is 1. The highest BCUT2D eigenvalue weighted by molar-refractivity contribution is 8.08. The lowest BCUT2D eigenvalue weighted by Gasteiger charge is -2.14. The number of hydrogen-bond donors (Lipinski definition) is 2. The molecule has 0 bridgehead atoms. The number of fused-ring (bicyclic) bond motifs is 2. The van der Waals surface area contributed by atoms with Crippen molar-refractivity contribution in [3.63, 3.8) is 0 Å². The molecule has 218 valence electrons. The highest BCUT2D eigenvalue weighted by atomic mass is 32.2. The lowest BCUT2D eigenvalue weighted by atomic mass is 10.1. The number of rotatable bonds is 5. The van der Waals surface area contributed by atoms with Crippen LogP contribution in [-0.2, 0) is 19.1 Å². The summed E-state index contributed by atoms with van der Waals surface area (Å²) >= 11 is 1.73. The third-order valence-electron chi connectivity index (χ3n) is 5.87. The van der Waals surface area contributed by atoms with Crippen molar-refractivity contribution in [1.82, 2.24) is 4.98 Å². The lowest BCUT2D eigenvalue weighted by Crippen LogP contribution is -2.43. The van der Waals surface area contributed by atoms with Gasteiger partial charge in [-0.3, -0.25) is 19.4 Å². The minimum atomic E-state index is -0.815. The van der Waals surface area contributed by atoms with E-state index in [4.69, 9.17) is 23.7 Å². The van der Waals surface area contributed by atoms with Crippen LogP contribution < -0.4 is 34.9 Å². The summed E-state index contributed by atoms with van der Waals surface area (Å²) in [4.78, 5) is 52.8. The van der Waals surface area contributed by atoms with Gasteiger partial charge in [-0.05, 0) is 36.0 Å². The van der Waals surface area contributed by atoms with Crippen LogP contribution in [0.2, 0.25) is 0 Å². The second kappa shape index (κ2) is 11.6. The fourth-order valence-corrected chi connectivity index (χ4v) is 6.33. The highest BCUT2D eigenvalue weighted by Crippen LogP contribution is 2.65. The normalized spacial score (nSPS) is 15.3. The van der Waals surface area contributed by atoms with E-state index < -0.39 is 29.3 Å². The Labute approximate surface area is 251 Å². The Hall–Kier alpha value is -5.13. The number of ether oxygens (including phenoxy) is 5. The summed E-state index contributed by atoms with van der Waals surface area (Å²) in [5.74, 6) is -3.21. The van der Waals surface area contributed by atoms with E-state index in [9.17, 15) is 29.5 Å². The molecular formula is C29H20N2O10S2. The fourth-order valence-electron chi connectivity index (χ4n) is 4.18. The van der Waals surface area contributed by atoms with Gasteiger partial charge in [0.1, 0.15) is 27.0 Å². The van der Waals surface area contributed by atoms with Gasteiger partial charge in [0.05, 0.1) is 11.8 Å². The predicted molar refractivity (Wildman–Crippen MR) is 154 cm³/mol. The number of aromatic nitrogens is 1. The van der Waals surface area contributed by atoms with Crippen molar-refractivity contribution >= 4 is 58.7 Å². The summed E-state index contributed by atoms with van der Waals surface area (Å²) in [6.45, 7) is 7.82.